The minimum absolute atomic E-state index is 0.0466. The molecule has 0 spiro atoms. The van der Waals surface area contributed by atoms with Crippen molar-refractivity contribution in [3.63, 3.8) is 0 Å². The molecule has 0 aliphatic carbocycles. The van der Waals surface area contributed by atoms with Gasteiger partial charge >= 0.3 is 0 Å². The van der Waals surface area contributed by atoms with Gasteiger partial charge in [-0.25, -0.2) is 4.39 Å². The van der Waals surface area contributed by atoms with Crippen LogP contribution in [0.3, 0.4) is 0 Å². The summed E-state index contributed by atoms with van der Waals surface area (Å²) in [5, 5.41) is 5.51. The molecule has 0 unspecified atom stereocenters. The molecule has 0 radical (unpaired) electrons. The molecule has 6 nitrogen and oxygen atoms in total. The van der Waals surface area contributed by atoms with Crippen molar-refractivity contribution in [3.8, 4) is 11.5 Å². The molecular formula is C21H24ClFN2O4. The molecule has 29 heavy (non-hydrogen) atoms. The Bertz CT molecular complexity index is 861. The predicted octanol–water partition coefficient (Wildman–Crippen LogP) is 3.83. The fraction of sp³-hybridized carbons (Fsp3) is 0.333. The van der Waals surface area contributed by atoms with Gasteiger partial charge in [0.05, 0.1) is 23.8 Å². The number of ether oxygens (including phenoxy) is 2. The van der Waals surface area contributed by atoms with Gasteiger partial charge in [0.25, 0.3) is 11.8 Å². The van der Waals surface area contributed by atoms with E-state index in [-0.39, 0.29) is 29.6 Å². The van der Waals surface area contributed by atoms with Crippen LogP contribution in [0, 0.1) is 5.82 Å². The van der Waals surface area contributed by atoms with E-state index in [1.54, 1.807) is 12.1 Å². The zero-order valence-corrected chi connectivity index (χ0v) is 17.1. The first-order valence-electron chi connectivity index (χ1n) is 9.38. The van der Waals surface area contributed by atoms with Crippen LogP contribution < -0.4 is 20.1 Å². The maximum Gasteiger partial charge on any atom is 0.254 e. The fourth-order valence-electron chi connectivity index (χ4n) is 2.50. The van der Waals surface area contributed by atoms with Gasteiger partial charge in [-0.05, 0) is 37.6 Å². The van der Waals surface area contributed by atoms with Gasteiger partial charge in [0.15, 0.2) is 11.5 Å². The molecule has 0 saturated carbocycles. The SMILES string of the molecule is CCCOc1c(Cl)cc(C(=O)NCCNC(=O)c2ccccc2F)cc1OCC. The van der Waals surface area contributed by atoms with E-state index < -0.39 is 11.7 Å². The molecule has 2 amide bonds. The number of halogens is 2. The van der Waals surface area contributed by atoms with Crippen molar-refractivity contribution in [2.75, 3.05) is 26.3 Å². The lowest BCUT2D eigenvalue weighted by Crippen LogP contribution is -2.35. The lowest BCUT2D eigenvalue weighted by atomic mass is 10.2. The summed E-state index contributed by atoms with van der Waals surface area (Å²) < 4.78 is 24.7. The molecule has 2 rings (SSSR count). The Labute approximate surface area is 174 Å². The maximum atomic E-state index is 13.6. The molecule has 2 aromatic rings. The van der Waals surface area contributed by atoms with Crippen LogP contribution in [0.4, 0.5) is 4.39 Å². The third-order valence-corrected chi connectivity index (χ3v) is 4.12. The summed E-state index contributed by atoms with van der Waals surface area (Å²) in [5.74, 6) is -0.723. The van der Waals surface area contributed by atoms with Gasteiger partial charge in [-0.3, -0.25) is 9.59 Å². The average molecular weight is 423 g/mol. The zero-order chi connectivity index (χ0) is 21.2. The molecule has 2 aromatic carbocycles. The number of carbonyl (C=O) groups excluding carboxylic acids is 2. The molecule has 8 heteroatoms. The third kappa shape index (κ3) is 6.35. The summed E-state index contributed by atoms with van der Waals surface area (Å²) in [6.45, 7) is 4.97. The van der Waals surface area contributed by atoms with Gasteiger partial charge in [-0.15, -0.1) is 0 Å². The number of rotatable bonds is 10. The highest BCUT2D eigenvalue weighted by Crippen LogP contribution is 2.36. The minimum Gasteiger partial charge on any atom is -0.490 e. The van der Waals surface area contributed by atoms with Gasteiger partial charge in [0.2, 0.25) is 0 Å². The highest BCUT2D eigenvalue weighted by Gasteiger charge is 2.16. The highest BCUT2D eigenvalue weighted by atomic mass is 35.5. The molecule has 0 atom stereocenters. The van der Waals surface area contributed by atoms with E-state index in [4.69, 9.17) is 21.1 Å². The van der Waals surface area contributed by atoms with Crippen molar-refractivity contribution < 1.29 is 23.5 Å². The largest absolute Gasteiger partial charge is 0.490 e. The number of nitrogens with one attached hydrogen (secondary N) is 2. The van der Waals surface area contributed by atoms with E-state index in [1.165, 1.54) is 24.3 Å². The maximum absolute atomic E-state index is 13.6. The van der Waals surface area contributed by atoms with Crippen LogP contribution in [0.1, 0.15) is 41.0 Å². The van der Waals surface area contributed by atoms with E-state index in [9.17, 15) is 14.0 Å². The van der Waals surface area contributed by atoms with Crippen LogP contribution in [0.2, 0.25) is 5.02 Å². The van der Waals surface area contributed by atoms with Crippen molar-refractivity contribution in [1.82, 2.24) is 10.6 Å². The van der Waals surface area contributed by atoms with Crippen molar-refractivity contribution in [2.24, 2.45) is 0 Å². The van der Waals surface area contributed by atoms with Crippen LogP contribution in [0.5, 0.6) is 11.5 Å². The van der Waals surface area contributed by atoms with Gasteiger partial charge in [0.1, 0.15) is 5.82 Å². The van der Waals surface area contributed by atoms with E-state index in [0.29, 0.717) is 30.3 Å². The number of amides is 2. The molecular weight excluding hydrogens is 399 g/mol. The highest BCUT2D eigenvalue weighted by molar-refractivity contribution is 6.32. The Balaban J connectivity index is 1.94. The second kappa shape index (κ2) is 11.3. The standard InChI is InChI=1S/C21H24ClFN2O4/c1-3-11-29-19-16(22)12-14(13-18(19)28-4-2)20(26)24-9-10-25-21(27)15-7-5-6-8-17(15)23/h5-8,12-13H,3-4,9-11H2,1-2H3,(H,24,26)(H,25,27). The van der Waals surface area contributed by atoms with Crippen molar-refractivity contribution >= 4 is 23.4 Å². The van der Waals surface area contributed by atoms with Gasteiger partial charge < -0.3 is 20.1 Å². The number of hydrogen-bond acceptors (Lipinski definition) is 4. The van der Waals surface area contributed by atoms with Crippen LogP contribution in [0.25, 0.3) is 0 Å². The summed E-state index contributed by atoms with van der Waals surface area (Å²) in [6, 6.07) is 8.75. The van der Waals surface area contributed by atoms with Crippen LogP contribution in [-0.4, -0.2) is 38.1 Å². The molecule has 0 saturated heterocycles. The molecule has 0 bridgehead atoms. The summed E-state index contributed by atoms with van der Waals surface area (Å²) in [7, 11) is 0. The first kappa shape index (κ1) is 22.5. The zero-order valence-electron chi connectivity index (χ0n) is 16.4. The van der Waals surface area contributed by atoms with Crippen LogP contribution >= 0.6 is 11.6 Å². The number of carbonyl (C=O) groups is 2. The quantitative estimate of drug-likeness (QED) is 0.570. The Morgan fingerprint density at radius 1 is 1.03 bits per heavy atom. The molecule has 0 aromatic heterocycles. The Hall–Kier alpha value is -2.80. The second-order valence-corrected chi connectivity index (χ2v) is 6.47. The lowest BCUT2D eigenvalue weighted by molar-refractivity contribution is 0.0925. The summed E-state index contributed by atoms with van der Waals surface area (Å²) in [5.41, 5.74) is 0.261. The summed E-state index contributed by atoms with van der Waals surface area (Å²) >= 11 is 6.26. The Morgan fingerprint density at radius 3 is 2.38 bits per heavy atom. The normalized spacial score (nSPS) is 10.3. The number of benzene rings is 2. The topological polar surface area (TPSA) is 76.7 Å². The Morgan fingerprint density at radius 2 is 1.72 bits per heavy atom. The van der Waals surface area contributed by atoms with Crippen LogP contribution in [-0.2, 0) is 0 Å². The van der Waals surface area contributed by atoms with Gasteiger partial charge in [-0.1, -0.05) is 30.7 Å². The fourth-order valence-corrected chi connectivity index (χ4v) is 2.77. The number of hydrogen-bond donors (Lipinski definition) is 2. The second-order valence-electron chi connectivity index (χ2n) is 6.06. The van der Waals surface area contributed by atoms with Gasteiger partial charge in [-0.2, -0.15) is 0 Å². The van der Waals surface area contributed by atoms with Crippen molar-refractivity contribution in [1.29, 1.82) is 0 Å². The van der Waals surface area contributed by atoms with Crippen molar-refractivity contribution in [3.05, 3.63) is 58.4 Å². The van der Waals surface area contributed by atoms with Crippen molar-refractivity contribution in [2.45, 2.75) is 20.3 Å². The monoisotopic (exact) mass is 422 g/mol. The molecule has 0 fully saturated rings. The molecule has 0 aliphatic rings. The van der Waals surface area contributed by atoms with Crippen LogP contribution in [0.15, 0.2) is 36.4 Å². The average Bonchev–Trinajstić information content (AvgIpc) is 2.70. The molecule has 0 heterocycles. The first-order valence-corrected chi connectivity index (χ1v) is 9.75. The molecule has 2 N–H and O–H groups in total. The lowest BCUT2D eigenvalue weighted by Gasteiger charge is -2.15. The minimum atomic E-state index is -0.600. The Kier molecular flexibility index (Phi) is 8.73. The first-order chi connectivity index (χ1) is 14.0. The summed E-state index contributed by atoms with van der Waals surface area (Å²) in [6.07, 6.45) is 0.808. The van der Waals surface area contributed by atoms with E-state index >= 15 is 0 Å². The molecule has 0 aliphatic heterocycles. The predicted molar refractivity (Wildman–Crippen MR) is 109 cm³/mol. The van der Waals surface area contributed by atoms with E-state index in [2.05, 4.69) is 10.6 Å². The van der Waals surface area contributed by atoms with E-state index in [0.717, 1.165) is 6.42 Å². The summed E-state index contributed by atoms with van der Waals surface area (Å²) in [4.78, 5) is 24.4. The molecule has 156 valence electrons. The van der Waals surface area contributed by atoms with Gasteiger partial charge in [0, 0.05) is 18.7 Å². The van der Waals surface area contributed by atoms with E-state index in [1.807, 2.05) is 13.8 Å². The smallest absolute Gasteiger partial charge is 0.254 e. The third-order valence-electron chi connectivity index (χ3n) is 3.84.